The number of carbonyl (C=O) groups excluding carboxylic acids is 1. The van der Waals surface area contributed by atoms with Gasteiger partial charge in [0, 0.05) is 13.1 Å². The van der Waals surface area contributed by atoms with E-state index in [0.29, 0.717) is 10.0 Å². The molecule has 1 fully saturated rings. The Morgan fingerprint density at radius 1 is 1.12 bits per heavy atom. The standard InChI is InChI=1S/C20H22Cl2N2O2/c1-13-11-24(12-14(2)26-13)19-6-4-3-5-18(19)23-20(25)10-15-7-8-16(21)17(22)9-15/h3-9,13-14H,10-12H2,1-2H3,(H,23,25). The van der Waals surface area contributed by atoms with Crippen molar-refractivity contribution >= 4 is 40.5 Å². The van der Waals surface area contributed by atoms with Crippen LogP contribution >= 0.6 is 23.2 Å². The maximum atomic E-state index is 12.5. The molecule has 0 bridgehead atoms. The fourth-order valence-corrected chi connectivity index (χ4v) is 3.58. The van der Waals surface area contributed by atoms with Crippen LogP contribution in [0.4, 0.5) is 11.4 Å². The average Bonchev–Trinajstić information content (AvgIpc) is 2.58. The van der Waals surface area contributed by atoms with Crippen molar-refractivity contribution in [2.75, 3.05) is 23.3 Å². The topological polar surface area (TPSA) is 41.6 Å². The smallest absolute Gasteiger partial charge is 0.228 e. The van der Waals surface area contributed by atoms with Crippen LogP contribution in [0.2, 0.25) is 10.0 Å². The minimum Gasteiger partial charge on any atom is -0.372 e. The van der Waals surface area contributed by atoms with Gasteiger partial charge in [0.2, 0.25) is 5.91 Å². The highest BCUT2D eigenvalue weighted by atomic mass is 35.5. The van der Waals surface area contributed by atoms with Crippen LogP contribution in [0.1, 0.15) is 19.4 Å². The average molecular weight is 393 g/mol. The van der Waals surface area contributed by atoms with Gasteiger partial charge in [-0.3, -0.25) is 4.79 Å². The first-order chi connectivity index (χ1) is 12.4. The number of anilines is 2. The lowest BCUT2D eigenvalue weighted by atomic mass is 10.1. The number of benzene rings is 2. The number of halogens is 2. The van der Waals surface area contributed by atoms with Crippen molar-refractivity contribution in [2.24, 2.45) is 0 Å². The minimum absolute atomic E-state index is 0.0924. The number of ether oxygens (including phenoxy) is 1. The van der Waals surface area contributed by atoms with Crippen molar-refractivity contribution in [1.82, 2.24) is 0 Å². The summed E-state index contributed by atoms with van der Waals surface area (Å²) in [7, 11) is 0. The zero-order valence-electron chi connectivity index (χ0n) is 14.8. The van der Waals surface area contributed by atoms with E-state index in [-0.39, 0.29) is 24.5 Å². The lowest BCUT2D eigenvalue weighted by Gasteiger charge is -2.37. The second-order valence-corrected chi connectivity index (χ2v) is 7.47. The van der Waals surface area contributed by atoms with E-state index in [4.69, 9.17) is 27.9 Å². The van der Waals surface area contributed by atoms with Crippen molar-refractivity contribution in [3.8, 4) is 0 Å². The zero-order chi connectivity index (χ0) is 18.7. The molecule has 1 saturated heterocycles. The number of carbonyl (C=O) groups is 1. The van der Waals surface area contributed by atoms with Gasteiger partial charge in [0.1, 0.15) is 0 Å². The fraction of sp³-hybridized carbons (Fsp3) is 0.350. The summed E-state index contributed by atoms with van der Waals surface area (Å²) >= 11 is 12.0. The molecule has 138 valence electrons. The van der Waals surface area contributed by atoms with Gasteiger partial charge in [0.05, 0.1) is 40.0 Å². The van der Waals surface area contributed by atoms with Crippen LogP contribution in [0.25, 0.3) is 0 Å². The molecule has 0 aliphatic carbocycles. The number of rotatable bonds is 4. The third-order valence-corrected chi connectivity index (χ3v) is 5.03. The van der Waals surface area contributed by atoms with Crippen LogP contribution in [0.15, 0.2) is 42.5 Å². The minimum atomic E-state index is -0.0924. The number of para-hydroxylation sites is 2. The summed E-state index contributed by atoms with van der Waals surface area (Å²) in [6.45, 7) is 5.72. The quantitative estimate of drug-likeness (QED) is 0.812. The number of nitrogens with zero attached hydrogens (tertiary/aromatic N) is 1. The number of amides is 1. The lowest BCUT2D eigenvalue weighted by Crippen LogP contribution is -2.45. The van der Waals surface area contributed by atoms with Gasteiger partial charge < -0.3 is 15.0 Å². The zero-order valence-corrected chi connectivity index (χ0v) is 16.3. The van der Waals surface area contributed by atoms with Gasteiger partial charge in [-0.05, 0) is 43.7 Å². The first kappa shape index (κ1) is 19.0. The third kappa shape index (κ3) is 4.70. The summed E-state index contributed by atoms with van der Waals surface area (Å²) in [6, 6.07) is 13.1. The largest absolute Gasteiger partial charge is 0.372 e. The molecule has 26 heavy (non-hydrogen) atoms. The molecular weight excluding hydrogens is 371 g/mol. The first-order valence-electron chi connectivity index (χ1n) is 8.65. The third-order valence-electron chi connectivity index (χ3n) is 4.29. The highest BCUT2D eigenvalue weighted by Crippen LogP contribution is 2.29. The molecule has 2 aromatic rings. The monoisotopic (exact) mass is 392 g/mol. The molecule has 1 amide bonds. The van der Waals surface area contributed by atoms with Gasteiger partial charge in [-0.1, -0.05) is 41.4 Å². The van der Waals surface area contributed by atoms with Crippen molar-refractivity contribution < 1.29 is 9.53 Å². The van der Waals surface area contributed by atoms with E-state index in [1.807, 2.05) is 30.3 Å². The number of hydrogen-bond acceptors (Lipinski definition) is 3. The van der Waals surface area contributed by atoms with E-state index in [9.17, 15) is 4.79 Å². The van der Waals surface area contributed by atoms with Crippen molar-refractivity contribution in [3.05, 3.63) is 58.1 Å². The maximum absolute atomic E-state index is 12.5. The van der Waals surface area contributed by atoms with Gasteiger partial charge in [0.25, 0.3) is 0 Å². The van der Waals surface area contributed by atoms with Gasteiger partial charge >= 0.3 is 0 Å². The fourth-order valence-electron chi connectivity index (χ4n) is 3.26. The number of morpholine rings is 1. The molecule has 4 nitrogen and oxygen atoms in total. The van der Waals surface area contributed by atoms with E-state index in [2.05, 4.69) is 24.1 Å². The Balaban J connectivity index is 1.73. The van der Waals surface area contributed by atoms with Gasteiger partial charge in [0.15, 0.2) is 0 Å². The van der Waals surface area contributed by atoms with Gasteiger partial charge in [-0.25, -0.2) is 0 Å². The molecule has 1 heterocycles. The number of nitrogens with one attached hydrogen (secondary N) is 1. The second-order valence-electron chi connectivity index (χ2n) is 6.65. The Bertz CT molecular complexity index is 787. The van der Waals surface area contributed by atoms with Crippen LogP contribution in [0.3, 0.4) is 0 Å². The summed E-state index contributed by atoms with van der Waals surface area (Å²) in [6.07, 6.45) is 0.540. The van der Waals surface area contributed by atoms with E-state index in [0.717, 1.165) is 30.0 Å². The Kier molecular flexibility index (Phi) is 6.07. The lowest BCUT2D eigenvalue weighted by molar-refractivity contribution is -0.115. The van der Waals surface area contributed by atoms with E-state index < -0.39 is 0 Å². The molecule has 1 N–H and O–H groups in total. The van der Waals surface area contributed by atoms with E-state index in [1.54, 1.807) is 12.1 Å². The first-order valence-corrected chi connectivity index (χ1v) is 9.41. The summed E-state index contributed by atoms with van der Waals surface area (Å²) in [5.74, 6) is -0.0924. The van der Waals surface area contributed by atoms with Crippen molar-refractivity contribution in [2.45, 2.75) is 32.5 Å². The van der Waals surface area contributed by atoms with Gasteiger partial charge in [-0.2, -0.15) is 0 Å². The van der Waals surface area contributed by atoms with Crippen LogP contribution in [0.5, 0.6) is 0 Å². The Morgan fingerprint density at radius 3 is 2.50 bits per heavy atom. The highest BCUT2D eigenvalue weighted by Gasteiger charge is 2.24. The van der Waals surface area contributed by atoms with Crippen LogP contribution in [0, 0.1) is 0 Å². The van der Waals surface area contributed by atoms with Gasteiger partial charge in [-0.15, -0.1) is 0 Å². The molecule has 0 spiro atoms. The predicted molar refractivity (Wildman–Crippen MR) is 107 cm³/mol. The molecule has 0 saturated carbocycles. The molecule has 0 aromatic heterocycles. The summed E-state index contributed by atoms with van der Waals surface area (Å²) in [5, 5.41) is 3.96. The van der Waals surface area contributed by atoms with Crippen LogP contribution < -0.4 is 10.2 Å². The Morgan fingerprint density at radius 2 is 1.81 bits per heavy atom. The van der Waals surface area contributed by atoms with E-state index >= 15 is 0 Å². The molecule has 2 aromatic carbocycles. The summed E-state index contributed by atoms with van der Waals surface area (Å²) < 4.78 is 5.81. The number of hydrogen-bond donors (Lipinski definition) is 1. The molecule has 6 heteroatoms. The van der Waals surface area contributed by atoms with Crippen LogP contribution in [-0.2, 0) is 16.0 Å². The van der Waals surface area contributed by atoms with E-state index in [1.165, 1.54) is 0 Å². The Hall–Kier alpha value is -1.75. The molecule has 1 aliphatic heterocycles. The predicted octanol–water partition coefficient (Wildman–Crippen LogP) is 4.79. The summed E-state index contributed by atoms with van der Waals surface area (Å²) in [4.78, 5) is 14.8. The van der Waals surface area contributed by atoms with Crippen molar-refractivity contribution in [1.29, 1.82) is 0 Å². The molecule has 2 unspecified atom stereocenters. The molecular formula is C20H22Cl2N2O2. The normalized spacial score (nSPS) is 20.1. The molecule has 2 atom stereocenters. The molecule has 0 radical (unpaired) electrons. The van der Waals surface area contributed by atoms with Crippen molar-refractivity contribution in [3.63, 3.8) is 0 Å². The maximum Gasteiger partial charge on any atom is 0.228 e. The molecule has 3 rings (SSSR count). The molecule has 1 aliphatic rings. The SMILES string of the molecule is CC1CN(c2ccccc2NC(=O)Cc2ccc(Cl)c(Cl)c2)CC(C)O1. The van der Waals surface area contributed by atoms with Crippen LogP contribution in [-0.4, -0.2) is 31.2 Å². The second kappa shape index (κ2) is 8.30. The Labute approximate surface area is 164 Å². The summed E-state index contributed by atoms with van der Waals surface area (Å²) in [5.41, 5.74) is 2.64. The highest BCUT2D eigenvalue weighted by molar-refractivity contribution is 6.42.